The highest BCUT2D eigenvalue weighted by molar-refractivity contribution is 7.47. The zero-order valence-electron chi connectivity index (χ0n) is 37.5. The average Bonchev–Trinajstić information content (AvgIpc) is 3.90. The van der Waals surface area contributed by atoms with E-state index in [0.717, 1.165) is 16.0 Å². The van der Waals surface area contributed by atoms with Crippen LogP contribution in [0.25, 0.3) is 22.2 Å². The summed E-state index contributed by atoms with van der Waals surface area (Å²) < 4.78 is 54.7. The van der Waals surface area contributed by atoms with Crippen LogP contribution in [0.5, 0.6) is 0 Å². The molecule has 0 saturated carbocycles. The molecule has 2 aromatic heterocycles. The molecule has 1 saturated heterocycles. The number of aliphatic hydroxyl groups is 1. The molecule has 6 rings (SSSR count). The number of nitrogens with zero attached hydrogens (tertiary/aromatic N) is 5. The van der Waals surface area contributed by atoms with Crippen LogP contribution >= 0.6 is 7.82 Å². The fourth-order valence-corrected chi connectivity index (χ4v) is 6.88. The van der Waals surface area contributed by atoms with Gasteiger partial charge in [-0.1, -0.05) is 60.7 Å². The summed E-state index contributed by atoms with van der Waals surface area (Å²) in [4.78, 5) is 67.1. The van der Waals surface area contributed by atoms with Crippen molar-refractivity contribution >= 4 is 43.0 Å². The minimum Gasteiger partial charge on any atom is -0.443 e. The van der Waals surface area contributed by atoms with Crippen LogP contribution in [0.4, 0.5) is 24.7 Å². The number of H-pyrrole nitrogens is 1. The Morgan fingerprint density at radius 3 is 1.88 bits per heavy atom. The number of benzene rings is 3. The predicted molar refractivity (Wildman–Crippen MR) is 235 cm³/mol. The molecule has 64 heavy (non-hydrogen) atoms. The summed E-state index contributed by atoms with van der Waals surface area (Å²) in [6, 6.07) is 18.7. The van der Waals surface area contributed by atoms with Gasteiger partial charge in [0.15, 0.2) is 5.82 Å². The van der Waals surface area contributed by atoms with Crippen molar-refractivity contribution in [2.45, 2.75) is 111 Å². The first-order chi connectivity index (χ1) is 30.0. The Bertz CT molecular complexity index is 2380. The molecule has 4 amide bonds. The van der Waals surface area contributed by atoms with Crippen LogP contribution in [0.3, 0.4) is 0 Å². The third-order valence-corrected chi connectivity index (χ3v) is 10.0. The number of ether oxygens (including phenoxy) is 3. The van der Waals surface area contributed by atoms with E-state index in [1.165, 1.54) is 32.3 Å². The Morgan fingerprint density at radius 2 is 1.41 bits per heavy atom. The average molecular weight is 907 g/mol. The fourth-order valence-electron chi connectivity index (χ4n) is 6.19. The molecular weight excluding hydrogens is 850 g/mol. The normalized spacial score (nSPS) is 14.4. The van der Waals surface area contributed by atoms with Gasteiger partial charge in [0.05, 0.1) is 30.4 Å². The van der Waals surface area contributed by atoms with Gasteiger partial charge in [-0.05, 0) is 92.3 Å². The zero-order chi connectivity index (χ0) is 47.0. The SMILES string of the molecule is CCN(C(=O)OC(C)(C)C)C(=O)N(C(=O)OC(C)(C)C)c1nc2cc(-c3cnc(C(C)(C)O)nc3)c(F)c([C@H]3CCCO3)c2[nH]1.O=P(O)(OCc1ccccc1)OCc1ccccc1. The standard InChI is InChI=1S/C31H41FN6O7.C14H15O4P/c1-10-37(27(40)44-29(2,3)4)26(39)38(28(41)45-30(5,6)7)25-35-19-14-18(17-15-33-24(34-16-17)31(8,9)42)22(32)21(23(19)36-25)20-12-11-13-43-20;15-19(16,17-11-13-7-3-1-4-8-13)18-12-14-9-5-2-6-10-14/h14-16,20,42H,10-13H2,1-9H3,(H,35,36);1-10H,11-12H2,(H,15,16)/t20-;/m1./s1. The maximum atomic E-state index is 16.4. The number of imidazole rings is 1. The molecule has 3 aromatic carbocycles. The van der Waals surface area contributed by atoms with Crippen LogP contribution in [0, 0.1) is 5.82 Å². The summed E-state index contributed by atoms with van der Waals surface area (Å²) in [6.07, 6.45) is 1.30. The Morgan fingerprint density at radius 1 is 0.875 bits per heavy atom. The minimum absolute atomic E-state index is 0.0450. The van der Waals surface area contributed by atoms with Gasteiger partial charge in [0.1, 0.15) is 22.6 Å². The molecule has 0 spiro atoms. The van der Waals surface area contributed by atoms with Gasteiger partial charge in [0.2, 0.25) is 5.95 Å². The first-order valence-electron chi connectivity index (χ1n) is 20.6. The number of phosphoric ester groups is 1. The quantitative estimate of drug-likeness (QED) is 0.105. The summed E-state index contributed by atoms with van der Waals surface area (Å²) in [7, 11) is -4.02. The fraction of sp³-hybridized carbons (Fsp3) is 0.422. The van der Waals surface area contributed by atoms with Gasteiger partial charge >= 0.3 is 26.0 Å². The molecule has 344 valence electrons. The molecule has 1 atom stereocenters. The summed E-state index contributed by atoms with van der Waals surface area (Å²) >= 11 is 0. The number of urea groups is 1. The number of carbonyl (C=O) groups is 3. The maximum Gasteiger partial charge on any atom is 0.472 e. The van der Waals surface area contributed by atoms with Crippen molar-refractivity contribution < 1.29 is 56.6 Å². The minimum atomic E-state index is -4.02. The molecule has 0 radical (unpaired) electrons. The smallest absolute Gasteiger partial charge is 0.443 e. The van der Waals surface area contributed by atoms with Gasteiger partial charge in [-0.15, -0.1) is 0 Å². The number of aromatic amines is 1. The monoisotopic (exact) mass is 906 g/mol. The second-order valence-corrected chi connectivity index (χ2v) is 18.7. The van der Waals surface area contributed by atoms with E-state index in [1.807, 2.05) is 60.7 Å². The zero-order valence-corrected chi connectivity index (χ0v) is 38.3. The second kappa shape index (κ2) is 20.5. The Balaban J connectivity index is 0.000000337. The van der Waals surface area contributed by atoms with E-state index in [9.17, 15) is 28.9 Å². The lowest BCUT2D eigenvalue weighted by Gasteiger charge is -2.29. The van der Waals surface area contributed by atoms with E-state index < -0.39 is 54.8 Å². The molecule has 3 N–H and O–H groups in total. The topological polar surface area (TPSA) is 216 Å². The van der Waals surface area contributed by atoms with Crippen molar-refractivity contribution in [2.75, 3.05) is 18.1 Å². The highest BCUT2D eigenvalue weighted by atomic mass is 31.2. The molecule has 19 heteroatoms. The number of carbonyl (C=O) groups excluding carboxylic acids is 3. The van der Waals surface area contributed by atoms with Crippen molar-refractivity contribution in [1.82, 2.24) is 24.8 Å². The van der Waals surface area contributed by atoms with Crippen LogP contribution < -0.4 is 4.90 Å². The molecule has 1 aliphatic rings. The molecule has 0 bridgehead atoms. The van der Waals surface area contributed by atoms with E-state index in [1.54, 1.807) is 48.5 Å². The van der Waals surface area contributed by atoms with Crippen LogP contribution in [-0.4, -0.2) is 77.4 Å². The highest BCUT2D eigenvalue weighted by Crippen LogP contribution is 2.45. The van der Waals surface area contributed by atoms with Gasteiger partial charge in [0, 0.05) is 42.2 Å². The van der Waals surface area contributed by atoms with E-state index >= 15 is 4.39 Å². The van der Waals surface area contributed by atoms with Crippen LogP contribution in [0.1, 0.15) is 104 Å². The lowest BCUT2D eigenvalue weighted by atomic mass is 9.98. The van der Waals surface area contributed by atoms with Crippen molar-refractivity contribution in [3.05, 3.63) is 107 Å². The van der Waals surface area contributed by atoms with E-state index in [-0.39, 0.29) is 53.7 Å². The second-order valence-electron chi connectivity index (χ2n) is 17.3. The lowest BCUT2D eigenvalue weighted by Crippen LogP contribution is -2.51. The van der Waals surface area contributed by atoms with Gasteiger partial charge < -0.3 is 29.2 Å². The van der Waals surface area contributed by atoms with Crippen LogP contribution in [-0.2, 0) is 46.6 Å². The molecule has 3 heterocycles. The number of aromatic nitrogens is 4. The van der Waals surface area contributed by atoms with Gasteiger partial charge in [0.25, 0.3) is 0 Å². The van der Waals surface area contributed by atoms with E-state index in [4.69, 9.17) is 23.3 Å². The molecule has 5 aromatic rings. The lowest BCUT2D eigenvalue weighted by molar-refractivity contribution is 0.0328. The Hall–Kier alpha value is -5.62. The Labute approximate surface area is 371 Å². The molecular formula is C45H56FN6O11P. The van der Waals surface area contributed by atoms with Crippen molar-refractivity contribution in [3.8, 4) is 11.1 Å². The maximum absolute atomic E-state index is 16.4. The number of amides is 4. The molecule has 0 aliphatic carbocycles. The van der Waals surface area contributed by atoms with Crippen LogP contribution in [0.2, 0.25) is 0 Å². The number of rotatable bonds is 11. The molecule has 1 fully saturated rings. The molecule has 1 aliphatic heterocycles. The summed E-state index contributed by atoms with van der Waals surface area (Å²) in [5.41, 5.74) is -0.608. The number of hydrogen-bond acceptors (Lipinski definition) is 13. The van der Waals surface area contributed by atoms with Crippen molar-refractivity contribution in [1.29, 1.82) is 0 Å². The third kappa shape index (κ3) is 13.5. The number of halogens is 1. The molecule has 17 nitrogen and oxygen atoms in total. The van der Waals surface area contributed by atoms with Gasteiger partial charge in [-0.25, -0.2) is 43.2 Å². The third-order valence-electron chi connectivity index (χ3n) is 9.12. The number of hydrogen-bond donors (Lipinski definition) is 3. The van der Waals surface area contributed by atoms with Crippen molar-refractivity contribution in [2.24, 2.45) is 0 Å². The van der Waals surface area contributed by atoms with E-state index in [2.05, 4.69) is 19.9 Å². The summed E-state index contributed by atoms with van der Waals surface area (Å²) in [6.45, 7) is 14.8. The summed E-state index contributed by atoms with van der Waals surface area (Å²) in [5.74, 6) is -0.759. The highest BCUT2D eigenvalue weighted by Gasteiger charge is 2.39. The van der Waals surface area contributed by atoms with Gasteiger partial charge in [-0.2, -0.15) is 4.90 Å². The first kappa shape index (κ1) is 49.4. The number of fused-ring (bicyclic) bond motifs is 1. The molecule has 0 unspecified atom stereocenters. The number of phosphoric acid groups is 1. The van der Waals surface area contributed by atoms with Crippen molar-refractivity contribution in [3.63, 3.8) is 0 Å². The largest absolute Gasteiger partial charge is 0.472 e. The summed E-state index contributed by atoms with van der Waals surface area (Å²) in [5, 5.41) is 10.3. The first-order valence-corrected chi connectivity index (χ1v) is 22.1. The number of imide groups is 2. The number of anilines is 1. The number of nitrogens with one attached hydrogen (secondary N) is 1. The Kier molecular flexibility index (Phi) is 15.8. The van der Waals surface area contributed by atoms with Crippen LogP contribution in [0.15, 0.2) is 79.1 Å². The van der Waals surface area contributed by atoms with E-state index in [0.29, 0.717) is 29.9 Å². The predicted octanol–water partition coefficient (Wildman–Crippen LogP) is 9.88. The van der Waals surface area contributed by atoms with Gasteiger partial charge in [-0.3, -0.25) is 9.05 Å².